The monoisotopic (exact) mass is 420 g/mol. The lowest BCUT2D eigenvalue weighted by atomic mass is 10.1. The van der Waals surface area contributed by atoms with E-state index in [1.54, 1.807) is 10.6 Å². The molecule has 0 aliphatic heterocycles. The number of anilines is 2. The van der Waals surface area contributed by atoms with Gasteiger partial charge in [0.1, 0.15) is 0 Å². The molecule has 0 atom stereocenters. The van der Waals surface area contributed by atoms with E-state index in [1.807, 2.05) is 0 Å². The average Bonchev–Trinajstić information content (AvgIpc) is 2.85. The van der Waals surface area contributed by atoms with E-state index in [0.717, 1.165) is 13.2 Å². The molecule has 1 heterocycles. The van der Waals surface area contributed by atoms with Gasteiger partial charge in [-0.15, -0.1) is 0 Å². The number of halogens is 9. The molecular weight excluding hydrogens is 411 g/mol. The van der Waals surface area contributed by atoms with E-state index in [-0.39, 0.29) is 18.2 Å². The van der Waals surface area contributed by atoms with Crippen molar-refractivity contribution in [3.05, 3.63) is 41.2 Å². The first kappa shape index (κ1) is 21.4. The minimum Gasteiger partial charge on any atom is -0.308 e. The molecule has 2 N–H and O–H groups in total. The minimum absolute atomic E-state index is 0.161. The Morgan fingerprint density at radius 2 is 1.36 bits per heavy atom. The summed E-state index contributed by atoms with van der Waals surface area (Å²) in [4.78, 5) is 11.8. The Hall–Kier alpha value is -2.93. The third kappa shape index (κ3) is 5.07. The van der Waals surface area contributed by atoms with Gasteiger partial charge in [0.15, 0.2) is 5.69 Å². The zero-order valence-electron chi connectivity index (χ0n) is 13.5. The Morgan fingerprint density at radius 3 is 1.79 bits per heavy atom. The highest BCUT2D eigenvalue weighted by Crippen LogP contribution is 2.38. The zero-order chi connectivity index (χ0) is 21.5. The fourth-order valence-electron chi connectivity index (χ4n) is 2.10. The summed E-state index contributed by atoms with van der Waals surface area (Å²) >= 11 is 0. The van der Waals surface area contributed by atoms with E-state index in [4.69, 9.17) is 0 Å². The van der Waals surface area contributed by atoms with Gasteiger partial charge in [-0.25, -0.2) is 4.79 Å². The van der Waals surface area contributed by atoms with Crippen molar-refractivity contribution in [1.82, 2.24) is 9.78 Å². The van der Waals surface area contributed by atoms with E-state index < -0.39 is 52.8 Å². The number of rotatable bonds is 2. The maximum Gasteiger partial charge on any atom is 0.437 e. The first-order valence-electron chi connectivity index (χ1n) is 7.05. The summed E-state index contributed by atoms with van der Waals surface area (Å²) in [5, 5.41) is 6.42. The number of nitrogens with one attached hydrogen (secondary N) is 2. The molecule has 0 unspecified atom stereocenters. The quantitative estimate of drug-likeness (QED) is 0.663. The lowest BCUT2D eigenvalue weighted by Gasteiger charge is -2.15. The third-order valence-corrected chi connectivity index (χ3v) is 3.19. The predicted molar refractivity (Wildman–Crippen MR) is 77.3 cm³/mol. The lowest BCUT2D eigenvalue weighted by molar-refractivity contribution is -0.143. The van der Waals surface area contributed by atoms with Gasteiger partial charge in [0.2, 0.25) is 0 Å². The smallest absolute Gasteiger partial charge is 0.308 e. The number of hydrogen-bond donors (Lipinski definition) is 2. The van der Waals surface area contributed by atoms with Crippen molar-refractivity contribution in [3.8, 4) is 0 Å². The van der Waals surface area contributed by atoms with Crippen molar-refractivity contribution in [1.29, 1.82) is 0 Å². The molecule has 14 heteroatoms. The molecule has 2 aromatic rings. The number of alkyl halides is 9. The number of urea groups is 1. The van der Waals surface area contributed by atoms with Gasteiger partial charge in [-0.3, -0.25) is 4.68 Å². The molecule has 0 saturated carbocycles. The van der Waals surface area contributed by atoms with Crippen LogP contribution in [-0.4, -0.2) is 15.8 Å². The number of carbonyl (C=O) groups excluding carboxylic acids is 1. The second-order valence-corrected chi connectivity index (χ2v) is 5.44. The van der Waals surface area contributed by atoms with E-state index in [2.05, 4.69) is 5.10 Å². The fraction of sp³-hybridized carbons (Fsp3) is 0.286. The highest BCUT2D eigenvalue weighted by atomic mass is 19.4. The Labute approximate surface area is 150 Å². The number of carbonyl (C=O) groups is 1. The van der Waals surface area contributed by atoms with Gasteiger partial charge in [-0.05, 0) is 18.2 Å². The Morgan fingerprint density at radius 1 is 0.857 bits per heavy atom. The van der Waals surface area contributed by atoms with Crippen molar-refractivity contribution in [2.24, 2.45) is 7.05 Å². The van der Waals surface area contributed by atoms with Crippen LogP contribution in [0.2, 0.25) is 0 Å². The molecule has 1 aromatic carbocycles. The van der Waals surface area contributed by atoms with Gasteiger partial charge < -0.3 is 10.6 Å². The van der Waals surface area contributed by atoms with Gasteiger partial charge >= 0.3 is 24.6 Å². The first-order chi connectivity index (χ1) is 12.6. The molecule has 154 valence electrons. The Balaban J connectivity index is 2.32. The van der Waals surface area contributed by atoms with Gasteiger partial charge in [0, 0.05) is 18.9 Å². The molecule has 0 aliphatic carbocycles. The highest BCUT2D eigenvalue weighted by molar-refractivity contribution is 6.00. The van der Waals surface area contributed by atoms with E-state index >= 15 is 0 Å². The lowest BCUT2D eigenvalue weighted by Crippen LogP contribution is -2.22. The first-order valence-corrected chi connectivity index (χ1v) is 7.05. The van der Waals surface area contributed by atoms with Crippen LogP contribution in [0.3, 0.4) is 0 Å². The van der Waals surface area contributed by atoms with Crippen LogP contribution in [0.15, 0.2) is 24.4 Å². The number of amides is 2. The number of benzene rings is 1. The van der Waals surface area contributed by atoms with E-state index in [0.29, 0.717) is 4.68 Å². The predicted octanol–water partition coefficient (Wildman–Crippen LogP) is 5.12. The summed E-state index contributed by atoms with van der Waals surface area (Å²) in [6, 6.07) is -1.23. The van der Waals surface area contributed by atoms with E-state index in [1.165, 1.54) is 0 Å². The number of hydrogen-bond acceptors (Lipinski definition) is 2. The zero-order valence-corrected chi connectivity index (χ0v) is 13.5. The molecule has 2 amide bonds. The minimum atomic E-state index is -5.15. The molecule has 1 aromatic heterocycles. The number of nitrogens with zero attached hydrogens (tertiary/aromatic N) is 2. The SMILES string of the molecule is Cn1cc(NC(=O)Nc2cc(C(F)(F)F)cc(C(F)(F)F)c2)c(C(F)(F)F)n1. The summed E-state index contributed by atoms with van der Waals surface area (Å²) in [5.74, 6) is 0. The third-order valence-electron chi connectivity index (χ3n) is 3.19. The molecule has 0 saturated heterocycles. The molecule has 28 heavy (non-hydrogen) atoms. The largest absolute Gasteiger partial charge is 0.437 e. The second-order valence-electron chi connectivity index (χ2n) is 5.44. The van der Waals surface area contributed by atoms with Crippen LogP contribution in [0.1, 0.15) is 16.8 Å². The van der Waals surface area contributed by atoms with Crippen LogP contribution in [0.25, 0.3) is 0 Å². The standard InChI is InChI=1S/C14H9F9N4O/c1-27-5-9(10(26-27)14(21,22)23)25-11(28)24-8-3-6(12(15,16)17)2-7(4-8)13(18,19)20/h2-5H,1H3,(H2,24,25,28). The maximum atomic E-state index is 12.8. The van der Waals surface area contributed by atoms with Crippen molar-refractivity contribution < 1.29 is 44.3 Å². The van der Waals surface area contributed by atoms with Gasteiger partial charge in [-0.2, -0.15) is 44.6 Å². The molecule has 0 spiro atoms. The van der Waals surface area contributed by atoms with Gasteiger partial charge in [-0.1, -0.05) is 0 Å². The summed E-state index contributed by atoms with van der Waals surface area (Å²) in [5.41, 5.74) is -6.65. The summed E-state index contributed by atoms with van der Waals surface area (Å²) in [6.07, 6.45) is -14.5. The second kappa shape index (κ2) is 6.91. The van der Waals surface area contributed by atoms with Crippen molar-refractivity contribution in [2.75, 3.05) is 10.6 Å². The Kier molecular flexibility index (Phi) is 5.27. The number of aryl methyl sites for hydroxylation is 1. The van der Waals surface area contributed by atoms with Crippen LogP contribution in [-0.2, 0) is 25.6 Å². The molecule has 0 radical (unpaired) electrons. The topological polar surface area (TPSA) is 59.0 Å². The van der Waals surface area contributed by atoms with Crippen LogP contribution in [0.5, 0.6) is 0 Å². The van der Waals surface area contributed by atoms with Gasteiger partial charge in [0.05, 0.1) is 16.8 Å². The molecule has 2 rings (SSSR count). The number of aromatic nitrogens is 2. The van der Waals surface area contributed by atoms with Crippen LogP contribution < -0.4 is 10.6 Å². The summed E-state index contributed by atoms with van der Waals surface area (Å²) < 4.78 is 116. The average molecular weight is 420 g/mol. The van der Waals surface area contributed by atoms with Gasteiger partial charge in [0.25, 0.3) is 0 Å². The summed E-state index contributed by atoms with van der Waals surface area (Å²) in [7, 11) is 1.11. The Bertz CT molecular complexity index is 848. The molecular formula is C14H9F9N4O. The van der Waals surface area contributed by atoms with Crippen LogP contribution in [0, 0.1) is 0 Å². The molecule has 0 aliphatic rings. The molecule has 0 fully saturated rings. The van der Waals surface area contributed by atoms with E-state index in [9.17, 15) is 44.3 Å². The molecule has 0 bridgehead atoms. The maximum absolute atomic E-state index is 12.8. The highest BCUT2D eigenvalue weighted by Gasteiger charge is 2.38. The molecule has 5 nitrogen and oxygen atoms in total. The normalized spacial score (nSPS) is 12.8. The van der Waals surface area contributed by atoms with Crippen molar-refractivity contribution in [2.45, 2.75) is 18.5 Å². The van der Waals surface area contributed by atoms with Crippen molar-refractivity contribution >= 4 is 17.4 Å². The van der Waals surface area contributed by atoms with Crippen LogP contribution in [0.4, 0.5) is 55.7 Å². The fourth-order valence-corrected chi connectivity index (χ4v) is 2.10. The van der Waals surface area contributed by atoms with Crippen molar-refractivity contribution in [3.63, 3.8) is 0 Å². The van der Waals surface area contributed by atoms with Crippen LogP contribution >= 0.6 is 0 Å². The summed E-state index contributed by atoms with van der Waals surface area (Å²) in [6.45, 7) is 0.